The number of anilines is 2. The molecule has 0 aliphatic rings. The zero-order chi connectivity index (χ0) is 11.4. The highest BCUT2D eigenvalue weighted by Crippen LogP contribution is 2.04. The summed E-state index contributed by atoms with van der Waals surface area (Å²) in [6, 6.07) is 0. The molecule has 7 nitrogen and oxygen atoms in total. The summed E-state index contributed by atoms with van der Waals surface area (Å²) >= 11 is 0. The van der Waals surface area contributed by atoms with E-state index in [0.717, 1.165) is 0 Å². The van der Waals surface area contributed by atoms with E-state index in [2.05, 4.69) is 25.3 Å². The molecule has 0 spiro atoms. The van der Waals surface area contributed by atoms with Crippen molar-refractivity contribution in [2.45, 2.75) is 0 Å². The van der Waals surface area contributed by atoms with E-state index in [1.807, 2.05) is 0 Å². The van der Waals surface area contributed by atoms with E-state index >= 15 is 0 Å². The van der Waals surface area contributed by atoms with Crippen molar-refractivity contribution in [3.8, 4) is 0 Å². The van der Waals surface area contributed by atoms with Crippen molar-refractivity contribution < 1.29 is 4.79 Å². The van der Waals surface area contributed by atoms with Gasteiger partial charge in [0, 0.05) is 0 Å². The summed E-state index contributed by atoms with van der Waals surface area (Å²) in [5.74, 6) is -0.216. The molecule has 7 heteroatoms. The minimum absolute atomic E-state index is 0.142. The van der Waals surface area contributed by atoms with Crippen molar-refractivity contribution in [2.75, 3.05) is 11.1 Å². The van der Waals surface area contributed by atoms with Crippen LogP contribution in [0.4, 0.5) is 11.5 Å². The molecule has 2 heterocycles. The Morgan fingerprint density at radius 1 is 1.12 bits per heavy atom. The lowest BCUT2D eigenvalue weighted by molar-refractivity contribution is 0.102. The van der Waals surface area contributed by atoms with Gasteiger partial charge in [-0.2, -0.15) is 0 Å². The fourth-order valence-corrected chi connectivity index (χ4v) is 1.05. The minimum Gasteiger partial charge on any atom is -0.382 e. The molecule has 0 aliphatic heterocycles. The number of nitrogen functional groups attached to an aromatic ring is 1. The van der Waals surface area contributed by atoms with Gasteiger partial charge in [0.05, 0.1) is 30.5 Å². The molecule has 80 valence electrons. The van der Waals surface area contributed by atoms with Gasteiger partial charge in [-0.25, -0.2) is 15.0 Å². The molecule has 0 saturated carbocycles. The lowest BCUT2D eigenvalue weighted by Gasteiger charge is -2.02. The molecule has 0 atom stereocenters. The molecule has 0 fully saturated rings. The first-order valence-electron chi connectivity index (χ1n) is 4.39. The van der Waals surface area contributed by atoms with Crippen LogP contribution in [0.1, 0.15) is 10.5 Å². The number of amides is 1. The van der Waals surface area contributed by atoms with Crippen molar-refractivity contribution in [3.63, 3.8) is 0 Å². The number of aromatic nitrogens is 4. The molecular weight excluding hydrogens is 208 g/mol. The Kier molecular flexibility index (Phi) is 2.68. The quantitative estimate of drug-likeness (QED) is 0.737. The highest BCUT2D eigenvalue weighted by atomic mass is 16.1. The Morgan fingerprint density at radius 3 is 2.56 bits per heavy atom. The smallest absolute Gasteiger partial charge is 0.276 e. The zero-order valence-corrected chi connectivity index (χ0v) is 8.16. The third-order valence-corrected chi connectivity index (χ3v) is 1.70. The summed E-state index contributed by atoms with van der Waals surface area (Å²) in [5, 5.41) is 2.56. The third-order valence-electron chi connectivity index (χ3n) is 1.70. The maximum Gasteiger partial charge on any atom is 0.276 e. The second-order valence-electron chi connectivity index (χ2n) is 2.91. The van der Waals surface area contributed by atoms with Gasteiger partial charge in [0.15, 0.2) is 0 Å². The van der Waals surface area contributed by atoms with Crippen LogP contribution in [0.15, 0.2) is 31.1 Å². The van der Waals surface area contributed by atoms with Crippen LogP contribution in [0.3, 0.4) is 0 Å². The number of nitrogens with one attached hydrogen (secondary N) is 1. The first-order valence-corrected chi connectivity index (χ1v) is 4.39. The number of carbonyl (C=O) groups excluding carboxylic acids is 1. The van der Waals surface area contributed by atoms with Crippen molar-refractivity contribution in [2.24, 2.45) is 0 Å². The Hall–Kier alpha value is -2.57. The van der Waals surface area contributed by atoms with Crippen LogP contribution in [0.25, 0.3) is 0 Å². The van der Waals surface area contributed by atoms with Crippen LogP contribution in [-0.4, -0.2) is 25.8 Å². The van der Waals surface area contributed by atoms with Crippen molar-refractivity contribution in [3.05, 3.63) is 36.8 Å². The molecule has 0 aliphatic carbocycles. The summed E-state index contributed by atoms with van der Waals surface area (Å²) < 4.78 is 0. The summed E-state index contributed by atoms with van der Waals surface area (Å²) in [4.78, 5) is 26.8. The normalized spacial score (nSPS) is 9.75. The molecule has 0 radical (unpaired) electrons. The molecule has 3 N–H and O–H groups in total. The molecule has 0 aromatic carbocycles. The topological polar surface area (TPSA) is 107 Å². The standard InChI is InChI=1S/C9H8N6O/c10-8-4-11-3-7(15-8)9(16)14-6-1-12-5-13-2-6/h1-5H,(H2,10,15)(H,14,16). The van der Waals surface area contributed by atoms with Gasteiger partial charge < -0.3 is 11.1 Å². The predicted molar refractivity (Wildman–Crippen MR) is 56.4 cm³/mol. The van der Waals surface area contributed by atoms with E-state index in [-0.39, 0.29) is 11.5 Å². The van der Waals surface area contributed by atoms with Gasteiger partial charge in [0.2, 0.25) is 0 Å². The van der Waals surface area contributed by atoms with Gasteiger partial charge in [-0.3, -0.25) is 9.78 Å². The van der Waals surface area contributed by atoms with Gasteiger partial charge in [0.25, 0.3) is 5.91 Å². The lowest BCUT2D eigenvalue weighted by atomic mass is 10.4. The fraction of sp³-hybridized carbons (Fsp3) is 0. The van der Waals surface area contributed by atoms with Crippen LogP contribution in [0, 0.1) is 0 Å². The largest absolute Gasteiger partial charge is 0.382 e. The molecule has 0 bridgehead atoms. The van der Waals surface area contributed by atoms with E-state index < -0.39 is 5.91 Å². The van der Waals surface area contributed by atoms with E-state index in [1.54, 1.807) is 0 Å². The number of hydrogen-bond acceptors (Lipinski definition) is 6. The highest BCUT2D eigenvalue weighted by Gasteiger charge is 2.08. The summed E-state index contributed by atoms with van der Waals surface area (Å²) in [6.45, 7) is 0. The number of rotatable bonds is 2. The second-order valence-corrected chi connectivity index (χ2v) is 2.91. The van der Waals surface area contributed by atoms with Crippen molar-refractivity contribution in [1.29, 1.82) is 0 Å². The van der Waals surface area contributed by atoms with Crippen LogP contribution >= 0.6 is 0 Å². The molecule has 0 unspecified atom stereocenters. The average molecular weight is 216 g/mol. The number of hydrogen-bond donors (Lipinski definition) is 2. The van der Waals surface area contributed by atoms with Gasteiger partial charge in [-0.05, 0) is 0 Å². The molecular formula is C9H8N6O. The Morgan fingerprint density at radius 2 is 1.88 bits per heavy atom. The second kappa shape index (κ2) is 4.30. The minimum atomic E-state index is -0.408. The SMILES string of the molecule is Nc1cncc(C(=O)Nc2cncnc2)n1. The molecule has 0 saturated heterocycles. The molecule has 1 amide bonds. The summed E-state index contributed by atoms with van der Waals surface area (Å²) in [6.07, 6.45) is 7.02. The number of nitrogens with two attached hydrogens (primary N) is 1. The molecule has 2 aromatic rings. The van der Waals surface area contributed by atoms with E-state index in [1.165, 1.54) is 31.1 Å². The first kappa shape index (κ1) is 9.97. The van der Waals surface area contributed by atoms with E-state index in [9.17, 15) is 4.79 Å². The first-order chi connectivity index (χ1) is 7.75. The van der Waals surface area contributed by atoms with Crippen LogP contribution in [-0.2, 0) is 0 Å². The highest BCUT2D eigenvalue weighted by molar-refractivity contribution is 6.02. The molecule has 2 rings (SSSR count). The predicted octanol–water partition coefficient (Wildman–Crippen LogP) is 0.101. The van der Waals surface area contributed by atoms with E-state index in [4.69, 9.17) is 5.73 Å². The Balaban J connectivity index is 2.15. The van der Waals surface area contributed by atoms with Gasteiger partial charge in [-0.15, -0.1) is 0 Å². The van der Waals surface area contributed by atoms with Crippen molar-refractivity contribution in [1.82, 2.24) is 19.9 Å². The molecule has 16 heavy (non-hydrogen) atoms. The summed E-state index contributed by atoms with van der Waals surface area (Å²) in [5.41, 5.74) is 6.04. The van der Waals surface area contributed by atoms with Gasteiger partial charge in [-0.1, -0.05) is 0 Å². The maximum absolute atomic E-state index is 11.6. The van der Waals surface area contributed by atoms with E-state index in [0.29, 0.717) is 5.69 Å². The van der Waals surface area contributed by atoms with Gasteiger partial charge >= 0.3 is 0 Å². The maximum atomic E-state index is 11.6. The lowest BCUT2D eigenvalue weighted by Crippen LogP contribution is -2.15. The Bertz CT molecular complexity index is 500. The number of nitrogens with zero attached hydrogens (tertiary/aromatic N) is 4. The fourth-order valence-electron chi connectivity index (χ4n) is 1.05. The van der Waals surface area contributed by atoms with Crippen LogP contribution in [0.2, 0.25) is 0 Å². The Labute approximate surface area is 90.8 Å². The monoisotopic (exact) mass is 216 g/mol. The van der Waals surface area contributed by atoms with Crippen LogP contribution in [0.5, 0.6) is 0 Å². The summed E-state index contributed by atoms with van der Waals surface area (Å²) in [7, 11) is 0. The van der Waals surface area contributed by atoms with Gasteiger partial charge in [0.1, 0.15) is 17.8 Å². The average Bonchev–Trinajstić information content (AvgIpc) is 2.30. The number of carbonyl (C=O) groups is 1. The zero-order valence-electron chi connectivity index (χ0n) is 8.16. The molecule has 2 aromatic heterocycles. The van der Waals surface area contributed by atoms with Crippen LogP contribution < -0.4 is 11.1 Å². The third kappa shape index (κ3) is 2.27. The van der Waals surface area contributed by atoms with Crippen molar-refractivity contribution >= 4 is 17.4 Å².